The van der Waals surface area contributed by atoms with Crippen LogP contribution in [0, 0.1) is 0 Å². The van der Waals surface area contributed by atoms with Crippen LogP contribution in [0.5, 0.6) is 0 Å². The Labute approximate surface area is 170 Å². The maximum atomic E-state index is 12.5. The molecule has 5 nitrogen and oxygen atoms in total. The van der Waals surface area contributed by atoms with E-state index in [1.165, 1.54) is 24.6 Å². The lowest BCUT2D eigenvalue weighted by Gasteiger charge is -2.21. The van der Waals surface area contributed by atoms with Crippen LogP contribution in [0.25, 0.3) is 6.08 Å². The molecule has 1 saturated carbocycles. The lowest BCUT2D eigenvalue weighted by atomic mass is 9.95. The van der Waals surface area contributed by atoms with Crippen LogP contribution in [-0.2, 0) is 14.8 Å². The van der Waals surface area contributed by atoms with Gasteiger partial charge in [0.15, 0.2) is 0 Å². The van der Waals surface area contributed by atoms with Crippen molar-refractivity contribution in [1.82, 2.24) is 5.32 Å². The minimum atomic E-state index is -3.74. The third-order valence-electron chi connectivity index (χ3n) is 4.69. The molecule has 0 bridgehead atoms. The molecule has 3 rings (SSSR count). The molecule has 0 spiro atoms. The average Bonchev–Trinajstić information content (AvgIpc) is 2.69. The van der Waals surface area contributed by atoms with Crippen molar-refractivity contribution in [3.05, 3.63) is 65.2 Å². The lowest BCUT2D eigenvalue weighted by Crippen LogP contribution is -2.34. The molecule has 0 heterocycles. The van der Waals surface area contributed by atoms with Gasteiger partial charge in [0.1, 0.15) is 0 Å². The van der Waals surface area contributed by atoms with Crippen LogP contribution >= 0.6 is 11.6 Å². The monoisotopic (exact) mass is 418 g/mol. The Balaban J connectivity index is 1.62. The molecule has 0 unspecified atom stereocenters. The zero-order chi connectivity index (χ0) is 20.0. The first-order chi connectivity index (χ1) is 13.4. The average molecular weight is 419 g/mol. The van der Waals surface area contributed by atoms with Gasteiger partial charge in [0, 0.05) is 12.1 Å². The molecule has 2 N–H and O–H groups in total. The third-order valence-corrected chi connectivity index (χ3v) is 6.40. The van der Waals surface area contributed by atoms with Crippen LogP contribution in [0.4, 0.5) is 5.69 Å². The largest absolute Gasteiger partial charge is 0.350 e. The number of carbonyl (C=O) groups is 1. The molecule has 1 aliphatic carbocycles. The number of benzene rings is 2. The van der Waals surface area contributed by atoms with Crippen molar-refractivity contribution in [3.63, 3.8) is 0 Å². The van der Waals surface area contributed by atoms with Gasteiger partial charge in [0.2, 0.25) is 5.91 Å². The highest BCUT2D eigenvalue weighted by Gasteiger charge is 2.16. The van der Waals surface area contributed by atoms with E-state index < -0.39 is 10.0 Å². The van der Waals surface area contributed by atoms with Crippen LogP contribution in [0.15, 0.2) is 59.5 Å². The van der Waals surface area contributed by atoms with Gasteiger partial charge in [0.25, 0.3) is 10.0 Å². The first-order valence-corrected chi connectivity index (χ1v) is 11.2. The Morgan fingerprint density at radius 3 is 2.36 bits per heavy atom. The summed E-state index contributed by atoms with van der Waals surface area (Å²) in [5.41, 5.74) is 1.07. The smallest absolute Gasteiger partial charge is 0.261 e. The minimum absolute atomic E-state index is 0.121. The van der Waals surface area contributed by atoms with E-state index in [9.17, 15) is 13.2 Å². The summed E-state index contributed by atoms with van der Waals surface area (Å²) in [7, 11) is -3.74. The number of rotatable bonds is 6. The van der Waals surface area contributed by atoms with Crippen molar-refractivity contribution in [3.8, 4) is 0 Å². The van der Waals surface area contributed by atoms with Crippen LogP contribution in [-0.4, -0.2) is 20.4 Å². The van der Waals surface area contributed by atoms with Gasteiger partial charge in [0.05, 0.1) is 15.6 Å². The van der Waals surface area contributed by atoms with E-state index in [0.717, 1.165) is 31.2 Å². The molecule has 148 valence electrons. The fourth-order valence-corrected chi connectivity index (χ4v) is 4.49. The van der Waals surface area contributed by atoms with Crippen molar-refractivity contribution in [2.75, 3.05) is 4.72 Å². The molecule has 1 aliphatic rings. The highest BCUT2D eigenvalue weighted by atomic mass is 35.5. The first-order valence-electron chi connectivity index (χ1n) is 9.30. The number of hydrogen-bond acceptors (Lipinski definition) is 3. The van der Waals surface area contributed by atoms with Crippen LogP contribution in [0.3, 0.4) is 0 Å². The summed E-state index contributed by atoms with van der Waals surface area (Å²) in [6.07, 6.45) is 8.79. The summed E-state index contributed by atoms with van der Waals surface area (Å²) in [5.74, 6) is -0.121. The molecule has 0 aromatic heterocycles. The van der Waals surface area contributed by atoms with Gasteiger partial charge >= 0.3 is 0 Å². The number of amides is 1. The number of para-hydroxylation sites is 1. The Kier molecular flexibility index (Phi) is 6.75. The molecular weight excluding hydrogens is 396 g/mol. The molecule has 0 radical (unpaired) electrons. The summed E-state index contributed by atoms with van der Waals surface area (Å²) < 4.78 is 27.5. The van der Waals surface area contributed by atoms with Gasteiger partial charge in [-0.15, -0.1) is 0 Å². The van der Waals surface area contributed by atoms with Crippen molar-refractivity contribution >= 4 is 39.3 Å². The van der Waals surface area contributed by atoms with E-state index in [1.807, 2.05) is 0 Å². The Morgan fingerprint density at radius 2 is 1.68 bits per heavy atom. The van der Waals surface area contributed by atoms with Crippen LogP contribution in [0.1, 0.15) is 37.7 Å². The SMILES string of the molecule is O=C(C=Cc1ccc(S(=O)(=O)Nc2ccccc2Cl)cc1)NC1CCCCC1. The Bertz CT molecular complexity index is 950. The molecule has 2 aromatic rings. The fourth-order valence-electron chi connectivity index (χ4n) is 3.17. The maximum absolute atomic E-state index is 12.5. The number of hydrogen-bond donors (Lipinski definition) is 2. The minimum Gasteiger partial charge on any atom is -0.350 e. The van der Waals surface area contributed by atoms with Gasteiger partial charge in [-0.3, -0.25) is 9.52 Å². The number of nitrogens with one attached hydrogen (secondary N) is 2. The van der Waals surface area contributed by atoms with Crippen molar-refractivity contribution in [1.29, 1.82) is 0 Å². The molecule has 28 heavy (non-hydrogen) atoms. The normalized spacial score (nSPS) is 15.5. The molecule has 1 fully saturated rings. The van der Waals surface area contributed by atoms with Gasteiger partial charge in [-0.25, -0.2) is 8.42 Å². The molecule has 1 amide bonds. The van der Waals surface area contributed by atoms with Crippen molar-refractivity contribution in [2.24, 2.45) is 0 Å². The third kappa shape index (κ3) is 5.59. The van der Waals surface area contributed by atoms with Crippen molar-refractivity contribution < 1.29 is 13.2 Å². The van der Waals surface area contributed by atoms with E-state index in [-0.39, 0.29) is 16.8 Å². The summed E-state index contributed by atoms with van der Waals surface area (Å²) in [6, 6.07) is 13.2. The second-order valence-electron chi connectivity index (χ2n) is 6.83. The van der Waals surface area contributed by atoms with Gasteiger partial charge in [-0.05, 0) is 48.7 Å². The van der Waals surface area contributed by atoms with Gasteiger partial charge in [-0.1, -0.05) is 55.1 Å². The van der Waals surface area contributed by atoms with E-state index >= 15 is 0 Å². The summed E-state index contributed by atoms with van der Waals surface area (Å²) in [5, 5.41) is 3.34. The molecule has 7 heteroatoms. The number of anilines is 1. The zero-order valence-electron chi connectivity index (χ0n) is 15.4. The molecule has 2 aromatic carbocycles. The fraction of sp³-hybridized carbons (Fsp3) is 0.286. The summed E-state index contributed by atoms with van der Waals surface area (Å²) in [6.45, 7) is 0. The topological polar surface area (TPSA) is 75.3 Å². The van der Waals surface area contributed by atoms with E-state index in [4.69, 9.17) is 11.6 Å². The van der Waals surface area contributed by atoms with Gasteiger partial charge < -0.3 is 5.32 Å². The number of sulfonamides is 1. The molecule has 0 saturated heterocycles. The van der Waals surface area contributed by atoms with Crippen molar-refractivity contribution in [2.45, 2.75) is 43.0 Å². The van der Waals surface area contributed by atoms with Crippen LogP contribution < -0.4 is 10.0 Å². The number of halogens is 1. The molecular formula is C21H23ClN2O3S. The zero-order valence-corrected chi connectivity index (χ0v) is 17.0. The standard InChI is InChI=1S/C21H23ClN2O3S/c22-19-8-4-5-9-20(19)24-28(26,27)18-13-10-16(11-14-18)12-15-21(25)23-17-6-2-1-3-7-17/h4-5,8-15,17,24H,1-3,6-7H2,(H,23,25). The highest BCUT2D eigenvalue weighted by Crippen LogP contribution is 2.24. The summed E-state index contributed by atoms with van der Waals surface area (Å²) >= 11 is 6.01. The maximum Gasteiger partial charge on any atom is 0.261 e. The highest BCUT2D eigenvalue weighted by molar-refractivity contribution is 7.92. The van der Waals surface area contributed by atoms with E-state index in [2.05, 4.69) is 10.0 Å². The quantitative estimate of drug-likeness (QED) is 0.673. The molecule has 0 atom stereocenters. The first kappa shape index (κ1) is 20.4. The van der Waals surface area contributed by atoms with Crippen LogP contribution in [0.2, 0.25) is 5.02 Å². The second-order valence-corrected chi connectivity index (χ2v) is 8.92. The predicted molar refractivity (Wildman–Crippen MR) is 113 cm³/mol. The summed E-state index contributed by atoms with van der Waals surface area (Å²) in [4.78, 5) is 12.2. The Hall–Kier alpha value is -2.31. The number of carbonyl (C=O) groups excluding carboxylic acids is 1. The van der Waals surface area contributed by atoms with E-state index in [1.54, 1.807) is 42.5 Å². The lowest BCUT2D eigenvalue weighted by molar-refractivity contribution is -0.117. The van der Waals surface area contributed by atoms with E-state index in [0.29, 0.717) is 10.7 Å². The van der Waals surface area contributed by atoms with Gasteiger partial charge in [-0.2, -0.15) is 0 Å². The predicted octanol–water partition coefficient (Wildman–Crippen LogP) is 4.60. The Morgan fingerprint density at radius 1 is 1.00 bits per heavy atom. The molecule has 0 aliphatic heterocycles. The second kappa shape index (κ2) is 9.26.